The van der Waals surface area contributed by atoms with E-state index in [-0.39, 0.29) is 0 Å². The van der Waals surface area contributed by atoms with Crippen molar-refractivity contribution in [2.24, 2.45) is 5.92 Å². The van der Waals surface area contributed by atoms with Crippen LogP contribution in [0.2, 0.25) is 0 Å². The number of rotatable bonds is 10. The van der Waals surface area contributed by atoms with Crippen LogP contribution < -0.4 is 14.8 Å². The summed E-state index contributed by atoms with van der Waals surface area (Å²) in [5.41, 5.74) is 1.27. The first-order chi connectivity index (χ1) is 10.2. The van der Waals surface area contributed by atoms with Gasteiger partial charge in [0.1, 0.15) is 0 Å². The van der Waals surface area contributed by atoms with Crippen LogP contribution in [-0.4, -0.2) is 20.3 Å². The summed E-state index contributed by atoms with van der Waals surface area (Å²) < 4.78 is 11.4. The zero-order chi connectivity index (χ0) is 15.7. The van der Waals surface area contributed by atoms with Crippen molar-refractivity contribution in [3.05, 3.63) is 23.8 Å². The predicted molar refractivity (Wildman–Crippen MR) is 89.3 cm³/mol. The SMILES string of the molecule is CCCC(C)CC(NC)c1ccc(OCC)c(OCC)c1. The van der Waals surface area contributed by atoms with Gasteiger partial charge in [0.05, 0.1) is 13.2 Å². The van der Waals surface area contributed by atoms with Gasteiger partial charge < -0.3 is 14.8 Å². The molecule has 0 radical (unpaired) electrons. The molecule has 1 N–H and O–H groups in total. The van der Waals surface area contributed by atoms with Crippen LogP contribution in [0.1, 0.15) is 58.6 Å². The molecule has 2 atom stereocenters. The Hall–Kier alpha value is -1.22. The third kappa shape index (κ3) is 5.58. The molecule has 1 rings (SSSR count). The highest BCUT2D eigenvalue weighted by molar-refractivity contribution is 5.44. The Morgan fingerprint density at radius 2 is 1.71 bits per heavy atom. The highest BCUT2D eigenvalue weighted by Gasteiger charge is 2.16. The van der Waals surface area contributed by atoms with Crippen LogP contribution in [0.5, 0.6) is 11.5 Å². The van der Waals surface area contributed by atoms with Gasteiger partial charge in [-0.2, -0.15) is 0 Å². The van der Waals surface area contributed by atoms with E-state index in [9.17, 15) is 0 Å². The summed E-state index contributed by atoms with van der Waals surface area (Å²) in [4.78, 5) is 0. The molecule has 120 valence electrons. The lowest BCUT2D eigenvalue weighted by molar-refractivity contribution is 0.287. The first-order valence-corrected chi connectivity index (χ1v) is 8.22. The Bertz CT molecular complexity index is 406. The third-order valence-electron chi connectivity index (χ3n) is 3.74. The maximum Gasteiger partial charge on any atom is 0.161 e. The number of hydrogen-bond acceptors (Lipinski definition) is 3. The third-order valence-corrected chi connectivity index (χ3v) is 3.74. The summed E-state index contributed by atoms with van der Waals surface area (Å²) in [5.74, 6) is 2.40. The van der Waals surface area contributed by atoms with E-state index in [0.717, 1.165) is 23.8 Å². The lowest BCUT2D eigenvalue weighted by atomic mass is 9.93. The van der Waals surface area contributed by atoms with Gasteiger partial charge in [-0.15, -0.1) is 0 Å². The van der Waals surface area contributed by atoms with Crippen LogP contribution in [0.15, 0.2) is 18.2 Å². The Balaban J connectivity index is 2.90. The van der Waals surface area contributed by atoms with E-state index in [4.69, 9.17) is 9.47 Å². The fourth-order valence-electron chi connectivity index (χ4n) is 2.72. The highest BCUT2D eigenvalue weighted by Crippen LogP contribution is 2.33. The molecule has 0 fully saturated rings. The van der Waals surface area contributed by atoms with Crippen molar-refractivity contribution in [3.63, 3.8) is 0 Å². The zero-order valence-electron chi connectivity index (χ0n) is 14.2. The molecule has 3 heteroatoms. The molecule has 0 aliphatic rings. The normalized spacial score (nSPS) is 13.8. The molecular weight excluding hydrogens is 262 g/mol. The number of benzene rings is 1. The van der Waals surface area contributed by atoms with Crippen molar-refractivity contribution in [1.29, 1.82) is 0 Å². The van der Waals surface area contributed by atoms with Gasteiger partial charge in [-0.05, 0) is 50.9 Å². The molecule has 0 amide bonds. The van der Waals surface area contributed by atoms with E-state index < -0.39 is 0 Å². The summed E-state index contributed by atoms with van der Waals surface area (Å²) in [6.07, 6.45) is 3.66. The molecule has 2 unspecified atom stereocenters. The van der Waals surface area contributed by atoms with Crippen molar-refractivity contribution in [3.8, 4) is 11.5 Å². The van der Waals surface area contributed by atoms with Crippen molar-refractivity contribution >= 4 is 0 Å². The van der Waals surface area contributed by atoms with Crippen LogP contribution in [0, 0.1) is 5.92 Å². The standard InChI is InChI=1S/C18H31NO2/c1-6-9-14(4)12-16(19-5)15-10-11-17(20-7-2)18(13-15)21-8-3/h10-11,13-14,16,19H,6-9,12H2,1-5H3. The first-order valence-electron chi connectivity index (χ1n) is 8.22. The minimum absolute atomic E-state index is 0.362. The lowest BCUT2D eigenvalue weighted by Crippen LogP contribution is -2.19. The van der Waals surface area contributed by atoms with Gasteiger partial charge in [0, 0.05) is 6.04 Å². The molecule has 0 heterocycles. The molecule has 1 aromatic carbocycles. The zero-order valence-corrected chi connectivity index (χ0v) is 14.2. The topological polar surface area (TPSA) is 30.5 Å². The molecule has 3 nitrogen and oxygen atoms in total. The van der Waals surface area contributed by atoms with Crippen molar-refractivity contribution in [2.75, 3.05) is 20.3 Å². The molecular formula is C18H31NO2. The Morgan fingerprint density at radius 3 is 2.29 bits per heavy atom. The Labute approximate surface area is 130 Å². The van der Waals surface area contributed by atoms with Gasteiger partial charge in [0.2, 0.25) is 0 Å². The quantitative estimate of drug-likeness (QED) is 0.685. The minimum atomic E-state index is 0.362. The summed E-state index contributed by atoms with van der Waals surface area (Å²) in [6.45, 7) is 9.87. The Kier molecular flexibility index (Phi) is 8.21. The summed E-state index contributed by atoms with van der Waals surface area (Å²) in [7, 11) is 2.03. The van der Waals surface area contributed by atoms with Crippen molar-refractivity contribution in [2.45, 2.75) is 53.0 Å². The number of nitrogens with one attached hydrogen (secondary N) is 1. The van der Waals surface area contributed by atoms with E-state index in [0.29, 0.717) is 19.3 Å². The monoisotopic (exact) mass is 293 g/mol. The van der Waals surface area contributed by atoms with Gasteiger partial charge in [-0.25, -0.2) is 0 Å². The van der Waals surface area contributed by atoms with E-state index in [2.05, 4.69) is 31.3 Å². The second-order valence-corrected chi connectivity index (χ2v) is 5.54. The van der Waals surface area contributed by atoms with Gasteiger partial charge in [-0.1, -0.05) is 32.8 Å². The predicted octanol–water partition coefficient (Wildman–Crippen LogP) is 4.57. The fourth-order valence-corrected chi connectivity index (χ4v) is 2.72. The van der Waals surface area contributed by atoms with Crippen LogP contribution in [-0.2, 0) is 0 Å². The average Bonchev–Trinajstić information content (AvgIpc) is 2.47. The second-order valence-electron chi connectivity index (χ2n) is 5.54. The summed E-state index contributed by atoms with van der Waals surface area (Å²) >= 11 is 0. The van der Waals surface area contributed by atoms with E-state index in [1.165, 1.54) is 18.4 Å². The van der Waals surface area contributed by atoms with E-state index in [1.807, 2.05) is 27.0 Å². The van der Waals surface area contributed by atoms with Crippen LogP contribution >= 0.6 is 0 Å². The van der Waals surface area contributed by atoms with Gasteiger partial charge in [-0.3, -0.25) is 0 Å². The molecule has 0 saturated carbocycles. The van der Waals surface area contributed by atoms with Crippen molar-refractivity contribution < 1.29 is 9.47 Å². The molecule has 0 spiro atoms. The first kappa shape index (κ1) is 17.8. The number of hydrogen-bond donors (Lipinski definition) is 1. The summed E-state index contributed by atoms with van der Waals surface area (Å²) in [6, 6.07) is 6.65. The van der Waals surface area contributed by atoms with Crippen LogP contribution in [0.3, 0.4) is 0 Å². The van der Waals surface area contributed by atoms with Gasteiger partial charge in [0.15, 0.2) is 11.5 Å². The molecule has 0 aromatic heterocycles. The molecule has 0 bridgehead atoms. The maximum atomic E-state index is 5.72. The molecule has 0 saturated heterocycles. The maximum absolute atomic E-state index is 5.72. The smallest absolute Gasteiger partial charge is 0.161 e. The largest absolute Gasteiger partial charge is 0.490 e. The molecule has 0 aliphatic carbocycles. The molecule has 1 aromatic rings. The Morgan fingerprint density at radius 1 is 1.05 bits per heavy atom. The highest BCUT2D eigenvalue weighted by atomic mass is 16.5. The van der Waals surface area contributed by atoms with Crippen LogP contribution in [0.4, 0.5) is 0 Å². The second kappa shape index (κ2) is 9.67. The van der Waals surface area contributed by atoms with E-state index >= 15 is 0 Å². The minimum Gasteiger partial charge on any atom is -0.490 e. The summed E-state index contributed by atoms with van der Waals surface area (Å²) in [5, 5.41) is 3.43. The fraction of sp³-hybridized carbons (Fsp3) is 0.667. The van der Waals surface area contributed by atoms with Crippen molar-refractivity contribution in [1.82, 2.24) is 5.32 Å². The van der Waals surface area contributed by atoms with Gasteiger partial charge >= 0.3 is 0 Å². The van der Waals surface area contributed by atoms with Gasteiger partial charge in [0.25, 0.3) is 0 Å². The van der Waals surface area contributed by atoms with E-state index in [1.54, 1.807) is 0 Å². The molecule has 0 aliphatic heterocycles. The average molecular weight is 293 g/mol. The lowest BCUT2D eigenvalue weighted by Gasteiger charge is -2.22. The number of ether oxygens (including phenoxy) is 2. The van der Waals surface area contributed by atoms with Crippen LogP contribution in [0.25, 0.3) is 0 Å². The molecule has 21 heavy (non-hydrogen) atoms.